The normalized spacial score (nSPS) is 40.5. The number of rotatable bonds is 4. The summed E-state index contributed by atoms with van der Waals surface area (Å²) in [6.45, 7) is 10.6. The molecule has 3 aliphatic rings. The van der Waals surface area contributed by atoms with Crippen LogP contribution in [-0.2, 0) is 4.74 Å². The molecule has 20 heavy (non-hydrogen) atoms. The lowest BCUT2D eigenvalue weighted by molar-refractivity contribution is 0.0274. The van der Waals surface area contributed by atoms with Crippen LogP contribution < -0.4 is 0 Å². The summed E-state index contributed by atoms with van der Waals surface area (Å²) < 4.78 is 5.45. The summed E-state index contributed by atoms with van der Waals surface area (Å²) in [6, 6.07) is 0. The second-order valence-corrected chi connectivity index (χ2v) is 7.85. The quantitative estimate of drug-likeness (QED) is 0.772. The van der Waals surface area contributed by atoms with Gasteiger partial charge in [-0.3, -0.25) is 4.90 Å². The van der Waals surface area contributed by atoms with Crippen LogP contribution in [0.4, 0.5) is 0 Å². The van der Waals surface area contributed by atoms with E-state index in [9.17, 15) is 0 Å². The molecule has 0 amide bonds. The molecule has 0 spiro atoms. The molecule has 3 fully saturated rings. The molecule has 0 bridgehead atoms. The van der Waals surface area contributed by atoms with Gasteiger partial charge in [-0.25, -0.2) is 0 Å². The number of fused-ring (bicyclic) bond motifs is 1. The summed E-state index contributed by atoms with van der Waals surface area (Å²) in [6.07, 6.45) is 10.4. The largest absolute Gasteiger partial charge is 0.379 e. The maximum Gasteiger partial charge on any atom is 0.0594 e. The molecule has 0 aromatic carbocycles. The van der Waals surface area contributed by atoms with E-state index in [1.54, 1.807) is 0 Å². The molecule has 1 heterocycles. The number of ether oxygens (including phenoxy) is 1. The maximum absolute atomic E-state index is 5.45. The van der Waals surface area contributed by atoms with Gasteiger partial charge in [0.05, 0.1) is 13.2 Å². The Hall–Kier alpha value is -0.0800. The summed E-state index contributed by atoms with van der Waals surface area (Å²) in [5, 5.41) is 0. The van der Waals surface area contributed by atoms with Crippen LogP contribution in [0.15, 0.2) is 0 Å². The monoisotopic (exact) mass is 279 g/mol. The van der Waals surface area contributed by atoms with E-state index >= 15 is 0 Å². The first-order chi connectivity index (χ1) is 9.70. The van der Waals surface area contributed by atoms with Crippen molar-refractivity contribution in [2.24, 2.45) is 23.2 Å². The third-order valence-electron chi connectivity index (χ3n) is 6.82. The Morgan fingerprint density at radius 1 is 1.15 bits per heavy atom. The van der Waals surface area contributed by atoms with Gasteiger partial charge in [-0.1, -0.05) is 26.7 Å². The molecule has 2 saturated carbocycles. The summed E-state index contributed by atoms with van der Waals surface area (Å²) in [5.74, 6) is 2.95. The summed E-state index contributed by atoms with van der Waals surface area (Å²) in [7, 11) is 0. The van der Waals surface area contributed by atoms with Crippen molar-refractivity contribution in [3.8, 4) is 0 Å². The van der Waals surface area contributed by atoms with E-state index in [2.05, 4.69) is 18.7 Å². The van der Waals surface area contributed by atoms with Gasteiger partial charge in [0.15, 0.2) is 0 Å². The van der Waals surface area contributed by atoms with Crippen LogP contribution in [0.25, 0.3) is 0 Å². The van der Waals surface area contributed by atoms with Crippen LogP contribution in [0.5, 0.6) is 0 Å². The molecule has 2 heteroatoms. The van der Waals surface area contributed by atoms with Crippen LogP contribution in [0.1, 0.15) is 58.8 Å². The fourth-order valence-electron chi connectivity index (χ4n) is 5.45. The van der Waals surface area contributed by atoms with Crippen LogP contribution >= 0.6 is 0 Å². The van der Waals surface area contributed by atoms with E-state index < -0.39 is 0 Å². The molecule has 2 aliphatic carbocycles. The molecule has 2 nitrogen and oxygen atoms in total. The van der Waals surface area contributed by atoms with Crippen molar-refractivity contribution < 1.29 is 4.74 Å². The highest BCUT2D eigenvalue weighted by Gasteiger charge is 2.48. The van der Waals surface area contributed by atoms with Crippen molar-refractivity contribution in [2.45, 2.75) is 58.8 Å². The Kier molecular flexibility index (Phi) is 4.72. The third-order valence-corrected chi connectivity index (χ3v) is 6.82. The smallest absolute Gasteiger partial charge is 0.0594 e. The number of hydrogen-bond acceptors (Lipinski definition) is 2. The fourth-order valence-corrected chi connectivity index (χ4v) is 5.45. The van der Waals surface area contributed by atoms with E-state index in [-0.39, 0.29) is 0 Å². The molecule has 0 N–H and O–H groups in total. The molecule has 1 aliphatic heterocycles. The van der Waals surface area contributed by atoms with Gasteiger partial charge in [-0.2, -0.15) is 0 Å². The van der Waals surface area contributed by atoms with Gasteiger partial charge in [0.1, 0.15) is 0 Å². The highest BCUT2D eigenvalue weighted by atomic mass is 16.5. The van der Waals surface area contributed by atoms with E-state index in [0.29, 0.717) is 5.41 Å². The first kappa shape index (κ1) is 14.8. The van der Waals surface area contributed by atoms with Gasteiger partial charge in [-0.05, 0) is 61.8 Å². The second-order valence-electron chi connectivity index (χ2n) is 7.85. The highest BCUT2D eigenvalue weighted by Crippen LogP contribution is 2.58. The Labute approximate surface area is 125 Å². The van der Waals surface area contributed by atoms with Gasteiger partial charge in [-0.15, -0.1) is 0 Å². The average molecular weight is 279 g/mol. The summed E-state index contributed by atoms with van der Waals surface area (Å²) in [4.78, 5) is 2.61. The minimum Gasteiger partial charge on any atom is -0.379 e. The highest BCUT2D eigenvalue weighted by molar-refractivity contribution is 4.98. The molecule has 1 saturated heterocycles. The molecule has 0 aromatic heterocycles. The van der Waals surface area contributed by atoms with Gasteiger partial charge in [0, 0.05) is 13.1 Å². The van der Waals surface area contributed by atoms with E-state index in [1.807, 2.05) is 0 Å². The summed E-state index contributed by atoms with van der Waals surface area (Å²) >= 11 is 0. The molecular formula is C18H33NO. The van der Waals surface area contributed by atoms with Gasteiger partial charge in [0.25, 0.3) is 0 Å². The zero-order chi connectivity index (χ0) is 14.0. The van der Waals surface area contributed by atoms with Crippen molar-refractivity contribution in [3.05, 3.63) is 0 Å². The fraction of sp³-hybridized carbons (Fsp3) is 1.00. The topological polar surface area (TPSA) is 12.5 Å². The Morgan fingerprint density at radius 3 is 2.75 bits per heavy atom. The SMILES string of the molecule is C[C@H](CCN1CCOCC1)[C@H]1CC[C@@H]2CCCC[C@]21C. The second kappa shape index (κ2) is 6.36. The maximum atomic E-state index is 5.45. The zero-order valence-electron chi connectivity index (χ0n) is 13.6. The number of hydrogen-bond donors (Lipinski definition) is 0. The minimum absolute atomic E-state index is 0.683. The minimum atomic E-state index is 0.683. The molecule has 0 aromatic rings. The molecule has 0 radical (unpaired) electrons. The standard InChI is InChI=1S/C18H33NO/c1-15(8-10-19-11-13-20-14-12-19)17-7-6-16-5-3-4-9-18(16,17)2/h15-17H,3-14H2,1-2H3/t15-,16+,17-,18-/m1/s1. The van der Waals surface area contributed by atoms with Gasteiger partial charge < -0.3 is 4.74 Å². The van der Waals surface area contributed by atoms with Crippen LogP contribution in [0, 0.1) is 23.2 Å². The predicted octanol–water partition coefficient (Wildman–Crippen LogP) is 3.95. The third kappa shape index (κ3) is 2.92. The van der Waals surface area contributed by atoms with E-state index in [1.165, 1.54) is 51.5 Å². The molecular weight excluding hydrogens is 246 g/mol. The predicted molar refractivity (Wildman–Crippen MR) is 83.8 cm³/mol. The Morgan fingerprint density at radius 2 is 1.95 bits per heavy atom. The van der Waals surface area contributed by atoms with Crippen molar-refractivity contribution in [1.82, 2.24) is 4.90 Å². The van der Waals surface area contributed by atoms with Crippen molar-refractivity contribution >= 4 is 0 Å². The zero-order valence-corrected chi connectivity index (χ0v) is 13.6. The lowest BCUT2D eigenvalue weighted by atomic mass is 9.62. The van der Waals surface area contributed by atoms with Gasteiger partial charge >= 0.3 is 0 Å². The Bertz CT molecular complexity index is 313. The first-order valence-electron chi connectivity index (χ1n) is 9.00. The van der Waals surface area contributed by atoms with Gasteiger partial charge in [0.2, 0.25) is 0 Å². The number of morpholine rings is 1. The van der Waals surface area contributed by atoms with Crippen molar-refractivity contribution in [2.75, 3.05) is 32.8 Å². The first-order valence-corrected chi connectivity index (χ1v) is 9.00. The van der Waals surface area contributed by atoms with Crippen LogP contribution in [0.3, 0.4) is 0 Å². The molecule has 116 valence electrons. The lowest BCUT2D eigenvalue weighted by Crippen LogP contribution is -2.39. The molecule has 4 atom stereocenters. The number of nitrogens with zero attached hydrogens (tertiary/aromatic N) is 1. The van der Waals surface area contributed by atoms with Crippen molar-refractivity contribution in [3.63, 3.8) is 0 Å². The van der Waals surface area contributed by atoms with E-state index in [4.69, 9.17) is 4.74 Å². The molecule has 3 rings (SSSR count). The Balaban J connectivity index is 1.52. The van der Waals surface area contributed by atoms with E-state index in [0.717, 1.165) is 44.1 Å². The van der Waals surface area contributed by atoms with Crippen molar-refractivity contribution in [1.29, 1.82) is 0 Å². The lowest BCUT2D eigenvalue weighted by Gasteiger charge is -2.43. The van der Waals surface area contributed by atoms with Crippen LogP contribution in [-0.4, -0.2) is 37.7 Å². The van der Waals surface area contributed by atoms with Crippen LogP contribution in [0.2, 0.25) is 0 Å². The molecule has 0 unspecified atom stereocenters. The average Bonchev–Trinajstić information content (AvgIpc) is 2.83. The summed E-state index contributed by atoms with van der Waals surface area (Å²) in [5.41, 5.74) is 0.683.